The summed E-state index contributed by atoms with van der Waals surface area (Å²) in [6.07, 6.45) is -4.55. The molecule has 1 aromatic rings. The molecular formula is C8H11F3N4OS. The second kappa shape index (κ2) is 6.48. The van der Waals surface area contributed by atoms with Crippen LogP contribution in [-0.4, -0.2) is 39.6 Å². The van der Waals surface area contributed by atoms with Crippen molar-refractivity contribution in [1.29, 1.82) is 0 Å². The molecule has 0 aliphatic carbocycles. The van der Waals surface area contributed by atoms with Gasteiger partial charge in [0, 0.05) is 18.7 Å². The Morgan fingerprint density at radius 3 is 2.88 bits per heavy atom. The lowest BCUT2D eigenvalue weighted by atomic mass is 10.3. The summed E-state index contributed by atoms with van der Waals surface area (Å²) in [5.41, 5.74) is 0. The molecule has 1 amide bonds. The van der Waals surface area contributed by atoms with Crippen LogP contribution in [0.3, 0.4) is 0 Å². The van der Waals surface area contributed by atoms with Gasteiger partial charge >= 0.3 is 6.18 Å². The van der Waals surface area contributed by atoms with E-state index in [1.807, 2.05) is 0 Å². The Morgan fingerprint density at radius 1 is 1.53 bits per heavy atom. The number of rotatable bonds is 6. The fraction of sp³-hybridized carbons (Fsp3) is 0.625. The first-order chi connectivity index (χ1) is 7.97. The Morgan fingerprint density at radius 2 is 2.29 bits per heavy atom. The average Bonchev–Trinajstić information content (AvgIpc) is 2.73. The van der Waals surface area contributed by atoms with Crippen LogP contribution in [0.2, 0.25) is 0 Å². The van der Waals surface area contributed by atoms with Crippen molar-refractivity contribution < 1.29 is 18.0 Å². The number of nitrogens with zero attached hydrogens (tertiary/aromatic N) is 2. The van der Waals surface area contributed by atoms with Gasteiger partial charge in [-0.25, -0.2) is 4.98 Å². The molecular weight excluding hydrogens is 257 g/mol. The minimum Gasteiger partial charge on any atom is -0.355 e. The van der Waals surface area contributed by atoms with E-state index in [0.717, 1.165) is 0 Å². The largest absolute Gasteiger partial charge is 0.389 e. The van der Waals surface area contributed by atoms with E-state index < -0.39 is 24.9 Å². The summed E-state index contributed by atoms with van der Waals surface area (Å²) in [6, 6.07) is 0. The molecule has 5 nitrogen and oxygen atoms in total. The number of hydrogen-bond donors (Lipinski definition) is 2. The summed E-state index contributed by atoms with van der Waals surface area (Å²) in [6.45, 7) is 0.294. The van der Waals surface area contributed by atoms with Crippen molar-refractivity contribution in [2.24, 2.45) is 0 Å². The van der Waals surface area contributed by atoms with E-state index in [9.17, 15) is 18.0 Å². The topological polar surface area (TPSA) is 70.7 Å². The third-order valence-corrected chi connectivity index (χ3v) is 2.57. The van der Waals surface area contributed by atoms with E-state index in [-0.39, 0.29) is 0 Å². The third-order valence-electron chi connectivity index (χ3n) is 1.69. The molecule has 2 N–H and O–H groups in total. The van der Waals surface area contributed by atoms with Gasteiger partial charge in [-0.1, -0.05) is 11.8 Å². The second-order valence-electron chi connectivity index (χ2n) is 3.10. The monoisotopic (exact) mass is 268 g/mol. The van der Waals surface area contributed by atoms with Crippen LogP contribution in [0, 0.1) is 0 Å². The number of carbonyl (C=O) groups is 1. The number of amides is 1. The summed E-state index contributed by atoms with van der Waals surface area (Å²) in [7, 11) is 0. The van der Waals surface area contributed by atoms with Crippen molar-refractivity contribution in [1.82, 2.24) is 20.5 Å². The van der Waals surface area contributed by atoms with Gasteiger partial charge in [0.05, 0.1) is 6.42 Å². The molecule has 96 valence electrons. The van der Waals surface area contributed by atoms with Crippen molar-refractivity contribution in [3.8, 4) is 0 Å². The third kappa shape index (κ3) is 6.82. The van der Waals surface area contributed by atoms with Gasteiger partial charge in [0.25, 0.3) is 0 Å². The number of hydrogen-bond acceptors (Lipinski definition) is 4. The minimum absolute atomic E-state index is 0.294. The highest BCUT2D eigenvalue weighted by molar-refractivity contribution is 7.99. The summed E-state index contributed by atoms with van der Waals surface area (Å²) >= 11 is 1.33. The predicted octanol–water partition coefficient (Wildman–Crippen LogP) is 1.36. The number of H-pyrrole nitrogens is 1. The fourth-order valence-corrected chi connectivity index (χ4v) is 1.58. The van der Waals surface area contributed by atoms with Gasteiger partial charge in [0.15, 0.2) is 5.16 Å². The van der Waals surface area contributed by atoms with Crippen LogP contribution in [-0.2, 0) is 4.79 Å². The van der Waals surface area contributed by atoms with Crippen LogP contribution in [0.25, 0.3) is 0 Å². The van der Waals surface area contributed by atoms with E-state index in [2.05, 4.69) is 20.5 Å². The van der Waals surface area contributed by atoms with Crippen LogP contribution in [0.4, 0.5) is 13.2 Å². The van der Waals surface area contributed by atoms with Gasteiger partial charge in [0.1, 0.15) is 6.33 Å². The van der Waals surface area contributed by atoms with Gasteiger partial charge < -0.3 is 5.32 Å². The highest BCUT2D eigenvalue weighted by Crippen LogP contribution is 2.20. The number of carbonyl (C=O) groups excluding carboxylic acids is 1. The minimum atomic E-state index is -4.29. The highest BCUT2D eigenvalue weighted by Gasteiger charge is 2.27. The molecule has 0 atom stereocenters. The van der Waals surface area contributed by atoms with Crippen molar-refractivity contribution >= 4 is 17.7 Å². The predicted molar refractivity (Wildman–Crippen MR) is 55.4 cm³/mol. The molecule has 1 rings (SSSR count). The molecule has 0 aromatic carbocycles. The van der Waals surface area contributed by atoms with Crippen molar-refractivity contribution in [2.45, 2.75) is 24.2 Å². The molecule has 0 aliphatic rings. The van der Waals surface area contributed by atoms with E-state index >= 15 is 0 Å². The number of nitrogens with one attached hydrogen (secondary N) is 2. The SMILES string of the molecule is O=C(CCC(F)(F)F)NCCSc1ncn[nH]1. The Bertz CT molecular complexity index is 341. The molecule has 0 saturated heterocycles. The zero-order chi connectivity index (χ0) is 12.7. The molecule has 0 bridgehead atoms. The lowest BCUT2D eigenvalue weighted by molar-refractivity contribution is -0.144. The van der Waals surface area contributed by atoms with Crippen LogP contribution >= 0.6 is 11.8 Å². The number of aromatic nitrogens is 3. The maximum Gasteiger partial charge on any atom is 0.389 e. The summed E-state index contributed by atoms with van der Waals surface area (Å²) < 4.78 is 35.4. The van der Waals surface area contributed by atoms with Crippen LogP contribution in [0.5, 0.6) is 0 Å². The Hall–Kier alpha value is -1.25. The molecule has 0 fully saturated rings. The maximum absolute atomic E-state index is 11.8. The second-order valence-corrected chi connectivity index (χ2v) is 4.19. The molecule has 17 heavy (non-hydrogen) atoms. The van der Waals surface area contributed by atoms with Gasteiger partial charge in [-0.3, -0.25) is 9.89 Å². The van der Waals surface area contributed by atoms with E-state index in [1.165, 1.54) is 18.1 Å². The standard InChI is InChI=1S/C8H11F3N4OS/c9-8(10,11)2-1-6(16)12-3-4-17-7-13-5-14-15-7/h5H,1-4H2,(H,12,16)(H,13,14,15). The molecule has 0 radical (unpaired) electrons. The van der Waals surface area contributed by atoms with Gasteiger partial charge in [-0.2, -0.15) is 18.3 Å². The van der Waals surface area contributed by atoms with E-state index in [0.29, 0.717) is 17.5 Å². The molecule has 1 aromatic heterocycles. The maximum atomic E-state index is 11.8. The first-order valence-corrected chi connectivity index (χ1v) is 5.77. The van der Waals surface area contributed by atoms with E-state index in [1.54, 1.807) is 0 Å². The average molecular weight is 268 g/mol. The van der Waals surface area contributed by atoms with Gasteiger partial charge in [-0.05, 0) is 0 Å². The number of thioether (sulfide) groups is 1. The van der Waals surface area contributed by atoms with Crippen LogP contribution in [0.15, 0.2) is 11.5 Å². The Kier molecular flexibility index (Phi) is 5.26. The van der Waals surface area contributed by atoms with Crippen LogP contribution < -0.4 is 5.32 Å². The molecule has 0 aliphatic heterocycles. The smallest absolute Gasteiger partial charge is 0.355 e. The molecule has 1 heterocycles. The Balaban J connectivity index is 2.04. The molecule has 0 saturated carbocycles. The highest BCUT2D eigenvalue weighted by atomic mass is 32.2. The van der Waals surface area contributed by atoms with Gasteiger partial charge in [-0.15, -0.1) is 0 Å². The quantitative estimate of drug-likeness (QED) is 0.603. The summed E-state index contributed by atoms with van der Waals surface area (Å²) in [5.74, 6) is -0.0760. The fourth-order valence-electron chi connectivity index (χ4n) is 0.946. The van der Waals surface area contributed by atoms with Crippen molar-refractivity contribution in [3.63, 3.8) is 0 Å². The van der Waals surface area contributed by atoms with E-state index in [4.69, 9.17) is 0 Å². The van der Waals surface area contributed by atoms with Crippen molar-refractivity contribution in [3.05, 3.63) is 6.33 Å². The lowest BCUT2D eigenvalue weighted by Crippen LogP contribution is -2.27. The van der Waals surface area contributed by atoms with Gasteiger partial charge in [0.2, 0.25) is 5.91 Å². The normalized spacial score (nSPS) is 11.5. The number of aromatic amines is 1. The molecule has 0 unspecified atom stereocenters. The first-order valence-electron chi connectivity index (χ1n) is 4.79. The number of alkyl halides is 3. The molecule has 9 heteroatoms. The summed E-state index contributed by atoms with van der Waals surface area (Å²) in [4.78, 5) is 14.8. The lowest BCUT2D eigenvalue weighted by Gasteiger charge is -2.06. The summed E-state index contributed by atoms with van der Waals surface area (Å²) in [5, 5.41) is 9.24. The number of halogens is 3. The van der Waals surface area contributed by atoms with Crippen molar-refractivity contribution in [2.75, 3.05) is 12.3 Å². The molecule has 0 spiro atoms. The zero-order valence-electron chi connectivity index (χ0n) is 8.75. The first kappa shape index (κ1) is 13.8. The van der Waals surface area contributed by atoms with Crippen LogP contribution in [0.1, 0.15) is 12.8 Å². The zero-order valence-corrected chi connectivity index (χ0v) is 9.57. The Labute approximate surface area is 99.6 Å².